The second-order valence-electron chi connectivity index (χ2n) is 3.01. The third-order valence-corrected chi connectivity index (χ3v) is 1.55. The molecule has 2 nitrogen and oxygen atoms in total. The van der Waals surface area contributed by atoms with Crippen LogP contribution in [0.5, 0.6) is 0 Å². The Labute approximate surface area is 85.9 Å². The van der Waals surface area contributed by atoms with Crippen LogP contribution in [0.25, 0.3) is 0 Å². The van der Waals surface area contributed by atoms with E-state index in [4.69, 9.17) is 0 Å². The number of carbonyl (C=O) groups excluding carboxylic acids is 1. The summed E-state index contributed by atoms with van der Waals surface area (Å²) in [4.78, 5) is 11.0. The average molecular weight is 194 g/mol. The van der Waals surface area contributed by atoms with Crippen LogP contribution in [0.15, 0.2) is 24.3 Å². The van der Waals surface area contributed by atoms with Gasteiger partial charge in [0, 0.05) is 0 Å². The van der Waals surface area contributed by atoms with Crippen LogP contribution < -0.4 is 0 Å². The lowest BCUT2D eigenvalue weighted by Crippen LogP contribution is -2.02. The van der Waals surface area contributed by atoms with Gasteiger partial charge in [-0.3, -0.25) is 0 Å². The van der Waals surface area contributed by atoms with Crippen LogP contribution in [0.3, 0.4) is 0 Å². The molecule has 1 aromatic rings. The second kappa shape index (κ2) is 7.13. The van der Waals surface area contributed by atoms with Crippen molar-refractivity contribution in [2.75, 3.05) is 7.11 Å². The number of benzene rings is 1. The lowest BCUT2D eigenvalue weighted by Gasteiger charge is -2.00. The maximum Gasteiger partial charge on any atom is 0.338 e. The highest BCUT2D eigenvalue weighted by atomic mass is 16.5. The Hall–Kier alpha value is -1.31. The molecule has 0 aliphatic heterocycles. The number of aryl methyl sites for hydroxylation is 1. The third-order valence-electron chi connectivity index (χ3n) is 1.55. The van der Waals surface area contributed by atoms with E-state index in [0.717, 1.165) is 5.56 Å². The Kier molecular flexibility index (Phi) is 6.46. The van der Waals surface area contributed by atoms with Gasteiger partial charge in [-0.05, 0) is 18.6 Å². The summed E-state index contributed by atoms with van der Waals surface area (Å²) in [6.45, 7) is 6.13. The van der Waals surface area contributed by atoms with Crippen LogP contribution in [-0.2, 0) is 4.74 Å². The summed E-state index contributed by atoms with van der Waals surface area (Å²) in [6.07, 6.45) is 1.25. The molecular formula is C12H18O2. The largest absolute Gasteiger partial charge is 0.465 e. The van der Waals surface area contributed by atoms with E-state index in [-0.39, 0.29) is 5.97 Å². The van der Waals surface area contributed by atoms with Gasteiger partial charge in [0.05, 0.1) is 12.7 Å². The number of carbonyl (C=O) groups is 1. The molecule has 0 aromatic heterocycles. The lowest BCUT2D eigenvalue weighted by atomic mass is 10.1. The minimum atomic E-state index is -0.275. The summed E-state index contributed by atoms with van der Waals surface area (Å²) in [7, 11) is 1.38. The Balaban J connectivity index is 0.000000500. The van der Waals surface area contributed by atoms with Gasteiger partial charge < -0.3 is 4.74 Å². The summed E-state index contributed by atoms with van der Waals surface area (Å²) >= 11 is 0. The average Bonchev–Trinajstić information content (AvgIpc) is 2.19. The van der Waals surface area contributed by atoms with Crippen molar-refractivity contribution in [1.82, 2.24) is 0 Å². The zero-order valence-electron chi connectivity index (χ0n) is 9.33. The van der Waals surface area contributed by atoms with Crippen molar-refractivity contribution in [1.29, 1.82) is 0 Å². The quantitative estimate of drug-likeness (QED) is 0.642. The molecule has 0 spiro atoms. The summed E-state index contributed by atoms with van der Waals surface area (Å²) in [6, 6.07) is 7.34. The molecule has 1 aromatic carbocycles. The second-order valence-corrected chi connectivity index (χ2v) is 3.01. The summed E-state index contributed by atoms with van der Waals surface area (Å²) in [5, 5.41) is 0. The van der Waals surface area contributed by atoms with Crippen molar-refractivity contribution in [3.05, 3.63) is 35.4 Å². The first-order valence-electron chi connectivity index (χ1n) is 4.81. The molecule has 2 heteroatoms. The summed E-state index contributed by atoms with van der Waals surface area (Å²) in [5.41, 5.74) is 1.58. The monoisotopic (exact) mass is 194 g/mol. The zero-order valence-corrected chi connectivity index (χ0v) is 9.33. The fourth-order valence-corrected chi connectivity index (χ4v) is 0.912. The Morgan fingerprint density at radius 1 is 1.29 bits per heavy atom. The lowest BCUT2D eigenvalue weighted by molar-refractivity contribution is 0.0600. The van der Waals surface area contributed by atoms with Crippen molar-refractivity contribution in [2.24, 2.45) is 0 Å². The SMILES string of the molecule is CCC.COC(=O)c1ccccc1C. The fraction of sp³-hybridized carbons (Fsp3) is 0.417. The van der Waals surface area contributed by atoms with Gasteiger partial charge in [-0.2, -0.15) is 0 Å². The van der Waals surface area contributed by atoms with Crippen molar-refractivity contribution < 1.29 is 9.53 Å². The number of rotatable bonds is 1. The van der Waals surface area contributed by atoms with Gasteiger partial charge in [0.15, 0.2) is 0 Å². The van der Waals surface area contributed by atoms with Crippen molar-refractivity contribution in [3.8, 4) is 0 Å². The van der Waals surface area contributed by atoms with Crippen LogP contribution in [0, 0.1) is 6.92 Å². The first kappa shape index (κ1) is 12.7. The molecule has 1 rings (SSSR count). The minimum absolute atomic E-state index is 0.275. The molecule has 0 aliphatic rings. The molecule has 0 amide bonds. The summed E-state index contributed by atoms with van der Waals surface area (Å²) < 4.78 is 4.58. The van der Waals surface area contributed by atoms with E-state index in [1.807, 2.05) is 25.1 Å². The first-order valence-corrected chi connectivity index (χ1v) is 4.81. The highest BCUT2D eigenvalue weighted by Crippen LogP contribution is 2.07. The molecule has 0 aliphatic carbocycles. The van der Waals surface area contributed by atoms with Crippen LogP contribution in [0.2, 0.25) is 0 Å². The van der Waals surface area contributed by atoms with Crippen molar-refractivity contribution >= 4 is 5.97 Å². The molecule has 0 saturated heterocycles. The Bertz CT molecular complexity index is 279. The Morgan fingerprint density at radius 2 is 1.79 bits per heavy atom. The topological polar surface area (TPSA) is 26.3 Å². The van der Waals surface area contributed by atoms with Gasteiger partial charge in [0.2, 0.25) is 0 Å². The van der Waals surface area contributed by atoms with Crippen LogP contribution in [-0.4, -0.2) is 13.1 Å². The van der Waals surface area contributed by atoms with E-state index in [0.29, 0.717) is 5.56 Å². The maximum atomic E-state index is 11.0. The van der Waals surface area contributed by atoms with Crippen LogP contribution in [0.1, 0.15) is 36.2 Å². The Morgan fingerprint density at radius 3 is 2.21 bits per heavy atom. The van der Waals surface area contributed by atoms with E-state index >= 15 is 0 Å². The van der Waals surface area contributed by atoms with Gasteiger partial charge in [-0.1, -0.05) is 38.5 Å². The molecular weight excluding hydrogens is 176 g/mol. The summed E-state index contributed by atoms with van der Waals surface area (Å²) in [5.74, 6) is -0.275. The number of ether oxygens (including phenoxy) is 1. The maximum absolute atomic E-state index is 11.0. The van der Waals surface area contributed by atoms with Gasteiger partial charge in [-0.15, -0.1) is 0 Å². The van der Waals surface area contributed by atoms with Gasteiger partial charge in [0.1, 0.15) is 0 Å². The smallest absolute Gasteiger partial charge is 0.338 e. The van der Waals surface area contributed by atoms with Crippen LogP contribution >= 0.6 is 0 Å². The normalized spacial score (nSPS) is 8.57. The molecule has 0 unspecified atom stereocenters. The predicted molar refractivity (Wildman–Crippen MR) is 58.5 cm³/mol. The highest BCUT2D eigenvalue weighted by molar-refractivity contribution is 5.90. The van der Waals surface area contributed by atoms with E-state index < -0.39 is 0 Å². The fourth-order valence-electron chi connectivity index (χ4n) is 0.912. The number of hydrogen-bond acceptors (Lipinski definition) is 2. The minimum Gasteiger partial charge on any atom is -0.465 e. The van der Waals surface area contributed by atoms with Crippen LogP contribution in [0.4, 0.5) is 0 Å². The predicted octanol–water partition coefficient (Wildman–Crippen LogP) is 3.20. The molecule has 0 bridgehead atoms. The number of esters is 1. The van der Waals surface area contributed by atoms with Gasteiger partial charge >= 0.3 is 5.97 Å². The first-order chi connectivity index (χ1) is 6.67. The number of hydrogen-bond donors (Lipinski definition) is 0. The van der Waals surface area contributed by atoms with E-state index in [2.05, 4.69) is 18.6 Å². The standard InChI is InChI=1S/C9H10O2.C3H8/c1-7-5-3-4-6-8(7)9(10)11-2;1-3-2/h3-6H,1-2H3;3H2,1-2H3. The van der Waals surface area contributed by atoms with Gasteiger partial charge in [0.25, 0.3) is 0 Å². The third kappa shape index (κ3) is 4.08. The highest BCUT2D eigenvalue weighted by Gasteiger charge is 2.05. The molecule has 0 radical (unpaired) electrons. The van der Waals surface area contributed by atoms with E-state index in [1.165, 1.54) is 13.5 Å². The molecule has 0 atom stereocenters. The zero-order chi connectivity index (χ0) is 11.0. The molecule has 14 heavy (non-hydrogen) atoms. The van der Waals surface area contributed by atoms with Gasteiger partial charge in [-0.25, -0.2) is 4.79 Å². The molecule has 0 heterocycles. The molecule has 0 N–H and O–H groups in total. The molecule has 0 saturated carbocycles. The number of methoxy groups -OCH3 is 1. The van der Waals surface area contributed by atoms with E-state index in [9.17, 15) is 4.79 Å². The molecule has 0 fully saturated rings. The van der Waals surface area contributed by atoms with Crippen molar-refractivity contribution in [2.45, 2.75) is 27.2 Å². The van der Waals surface area contributed by atoms with Crippen molar-refractivity contribution in [3.63, 3.8) is 0 Å². The molecule has 78 valence electrons. The van der Waals surface area contributed by atoms with E-state index in [1.54, 1.807) is 6.07 Å².